The van der Waals surface area contributed by atoms with Crippen LogP contribution < -0.4 is 4.74 Å². The fourth-order valence-electron chi connectivity index (χ4n) is 2.09. The summed E-state index contributed by atoms with van der Waals surface area (Å²) in [5, 5.41) is 9.82. The number of benzene rings is 1. The maximum atomic E-state index is 12.2. The van der Waals surface area contributed by atoms with Gasteiger partial charge in [-0.2, -0.15) is 0 Å². The number of rotatable bonds is 3. The van der Waals surface area contributed by atoms with Gasteiger partial charge in [-0.05, 0) is 18.6 Å². The lowest BCUT2D eigenvalue weighted by atomic mass is 10.1. The Morgan fingerprint density at radius 2 is 2.22 bits per heavy atom. The molecule has 1 atom stereocenters. The molecule has 0 bridgehead atoms. The summed E-state index contributed by atoms with van der Waals surface area (Å²) in [7, 11) is 3.16. The van der Waals surface area contributed by atoms with Crippen LogP contribution >= 0.6 is 0 Å². The standard InChI is InChI=1S/C13H17NO4/c1-17-9-3-4-11(12(15)7-9)13(16)14-6-5-10(8-14)18-2/h3-4,7,10,15H,5-6,8H2,1-2H3. The van der Waals surface area contributed by atoms with E-state index in [1.807, 2.05) is 0 Å². The molecule has 1 amide bonds. The molecule has 1 fully saturated rings. The van der Waals surface area contributed by atoms with Gasteiger partial charge in [0, 0.05) is 26.3 Å². The predicted molar refractivity (Wildman–Crippen MR) is 66.0 cm³/mol. The molecule has 0 saturated carbocycles. The Bertz CT molecular complexity index is 447. The molecular formula is C13H17NO4. The number of nitrogens with zero attached hydrogens (tertiary/aromatic N) is 1. The van der Waals surface area contributed by atoms with Crippen molar-refractivity contribution in [3.63, 3.8) is 0 Å². The largest absolute Gasteiger partial charge is 0.507 e. The number of carbonyl (C=O) groups is 1. The Kier molecular flexibility index (Phi) is 3.72. The van der Waals surface area contributed by atoms with E-state index >= 15 is 0 Å². The molecule has 1 aliphatic rings. The van der Waals surface area contributed by atoms with Crippen molar-refractivity contribution >= 4 is 5.91 Å². The van der Waals surface area contributed by atoms with Crippen molar-refractivity contribution in [1.82, 2.24) is 4.90 Å². The van der Waals surface area contributed by atoms with Crippen molar-refractivity contribution in [3.05, 3.63) is 23.8 Å². The highest BCUT2D eigenvalue weighted by Gasteiger charge is 2.28. The zero-order valence-electron chi connectivity index (χ0n) is 10.5. The van der Waals surface area contributed by atoms with Crippen LogP contribution in [0.1, 0.15) is 16.8 Å². The Hall–Kier alpha value is -1.75. The minimum atomic E-state index is -0.172. The van der Waals surface area contributed by atoms with E-state index in [4.69, 9.17) is 9.47 Å². The lowest BCUT2D eigenvalue weighted by Gasteiger charge is -2.17. The first kappa shape index (κ1) is 12.7. The molecule has 0 aliphatic carbocycles. The normalized spacial score (nSPS) is 19.0. The summed E-state index contributed by atoms with van der Waals surface area (Å²) in [6, 6.07) is 4.69. The molecule has 1 unspecified atom stereocenters. The summed E-state index contributed by atoms with van der Waals surface area (Å²) >= 11 is 0. The van der Waals surface area contributed by atoms with Gasteiger partial charge >= 0.3 is 0 Å². The second-order valence-electron chi connectivity index (χ2n) is 4.28. The maximum absolute atomic E-state index is 12.2. The number of ether oxygens (including phenoxy) is 2. The summed E-state index contributed by atoms with van der Waals surface area (Å²) in [5.41, 5.74) is 0.299. The Labute approximate surface area is 106 Å². The third kappa shape index (κ3) is 2.41. The van der Waals surface area contributed by atoms with Gasteiger partial charge in [0.05, 0.1) is 18.8 Å². The molecule has 98 valence electrons. The molecule has 0 aromatic heterocycles. The fourth-order valence-corrected chi connectivity index (χ4v) is 2.09. The number of amides is 1. The van der Waals surface area contributed by atoms with Crippen LogP contribution in [-0.2, 0) is 4.74 Å². The Balaban J connectivity index is 2.14. The van der Waals surface area contributed by atoms with Crippen molar-refractivity contribution < 1.29 is 19.4 Å². The molecule has 2 rings (SSSR count). The van der Waals surface area contributed by atoms with Gasteiger partial charge in [-0.15, -0.1) is 0 Å². The fraction of sp³-hybridized carbons (Fsp3) is 0.462. The van der Waals surface area contributed by atoms with E-state index in [1.54, 1.807) is 24.1 Å². The number of hydrogen-bond acceptors (Lipinski definition) is 4. The molecule has 0 radical (unpaired) electrons. The molecule has 0 spiro atoms. The minimum Gasteiger partial charge on any atom is -0.507 e. The summed E-state index contributed by atoms with van der Waals surface area (Å²) in [4.78, 5) is 13.9. The van der Waals surface area contributed by atoms with Crippen molar-refractivity contribution in [2.75, 3.05) is 27.3 Å². The van der Waals surface area contributed by atoms with E-state index in [2.05, 4.69) is 0 Å². The Morgan fingerprint density at radius 3 is 2.78 bits per heavy atom. The van der Waals surface area contributed by atoms with Gasteiger partial charge < -0.3 is 19.5 Å². The van der Waals surface area contributed by atoms with Crippen LogP contribution in [0.2, 0.25) is 0 Å². The van der Waals surface area contributed by atoms with Gasteiger partial charge in [0.1, 0.15) is 11.5 Å². The zero-order chi connectivity index (χ0) is 13.1. The van der Waals surface area contributed by atoms with Crippen LogP contribution in [0, 0.1) is 0 Å². The highest BCUT2D eigenvalue weighted by molar-refractivity contribution is 5.97. The lowest BCUT2D eigenvalue weighted by molar-refractivity contribution is 0.0721. The van der Waals surface area contributed by atoms with Crippen molar-refractivity contribution in [2.45, 2.75) is 12.5 Å². The Morgan fingerprint density at radius 1 is 1.44 bits per heavy atom. The number of phenolic OH excluding ortho intramolecular Hbond substituents is 1. The summed E-state index contributed by atoms with van der Waals surface area (Å²) in [5.74, 6) is 0.301. The number of hydrogen-bond donors (Lipinski definition) is 1. The quantitative estimate of drug-likeness (QED) is 0.878. The minimum absolute atomic E-state index is 0.0554. The van der Waals surface area contributed by atoms with Crippen LogP contribution in [0.15, 0.2) is 18.2 Å². The van der Waals surface area contributed by atoms with Crippen LogP contribution in [0.4, 0.5) is 0 Å². The third-order valence-corrected chi connectivity index (χ3v) is 3.20. The number of likely N-dealkylation sites (tertiary alicyclic amines) is 1. The maximum Gasteiger partial charge on any atom is 0.257 e. The average Bonchev–Trinajstić information content (AvgIpc) is 2.86. The molecule has 5 heteroatoms. The molecule has 18 heavy (non-hydrogen) atoms. The highest BCUT2D eigenvalue weighted by Crippen LogP contribution is 2.26. The molecule has 1 aromatic carbocycles. The molecule has 1 saturated heterocycles. The van der Waals surface area contributed by atoms with Gasteiger partial charge in [-0.25, -0.2) is 0 Å². The van der Waals surface area contributed by atoms with Crippen LogP contribution in [0.3, 0.4) is 0 Å². The molecule has 1 aromatic rings. The predicted octanol–water partition coefficient (Wildman–Crippen LogP) is 1.26. The second-order valence-corrected chi connectivity index (χ2v) is 4.28. The second kappa shape index (κ2) is 5.27. The van der Waals surface area contributed by atoms with Gasteiger partial charge in [0.15, 0.2) is 0 Å². The van der Waals surface area contributed by atoms with Crippen molar-refractivity contribution in [3.8, 4) is 11.5 Å². The first-order chi connectivity index (χ1) is 8.65. The van der Waals surface area contributed by atoms with E-state index in [1.165, 1.54) is 13.2 Å². The van der Waals surface area contributed by atoms with Gasteiger partial charge in [-0.1, -0.05) is 0 Å². The molecule has 1 heterocycles. The van der Waals surface area contributed by atoms with Crippen LogP contribution in [-0.4, -0.2) is 49.3 Å². The lowest BCUT2D eigenvalue weighted by Crippen LogP contribution is -2.29. The van der Waals surface area contributed by atoms with E-state index in [9.17, 15) is 9.90 Å². The van der Waals surface area contributed by atoms with Crippen LogP contribution in [0.5, 0.6) is 11.5 Å². The van der Waals surface area contributed by atoms with E-state index in [-0.39, 0.29) is 17.8 Å². The van der Waals surface area contributed by atoms with Crippen molar-refractivity contribution in [1.29, 1.82) is 0 Å². The molecule has 1 N–H and O–H groups in total. The van der Waals surface area contributed by atoms with E-state index in [0.29, 0.717) is 24.4 Å². The number of methoxy groups -OCH3 is 2. The number of aromatic hydroxyl groups is 1. The van der Waals surface area contributed by atoms with Gasteiger partial charge in [0.2, 0.25) is 0 Å². The van der Waals surface area contributed by atoms with Crippen LogP contribution in [0.25, 0.3) is 0 Å². The summed E-state index contributed by atoms with van der Waals surface area (Å²) < 4.78 is 10.2. The topological polar surface area (TPSA) is 59.0 Å². The molecule has 5 nitrogen and oxygen atoms in total. The smallest absolute Gasteiger partial charge is 0.257 e. The van der Waals surface area contributed by atoms with Crippen molar-refractivity contribution in [2.24, 2.45) is 0 Å². The zero-order valence-corrected chi connectivity index (χ0v) is 10.5. The summed E-state index contributed by atoms with van der Waals surface area (Å²) in [6.45, 7) is 1.23. The monoisotopic (exact) mass is 251 g/mol. The number of phenols is 1. The SMILES string of the molecule is COc1ccc(C(=O)N2CCC(OC)C2)c(O)c1. The summed E-state index contributed by atoms with van der Waals surface area (Å²) in [6.07, 6.45) is 0.924. The first-order valence-corrected chi connectivity index (χ1v) is 5.84. The van der Waals surface area contributed by atoms with E-state index < -0.39 is 0 Å². The molecular weight excluding hydrogens is 234 g/mol. The number of carbonyl (C=O) groups excluding carboxylic acids is 1. The van der Waals surface area contributed by atoms with Gasteiger partial charge in [0.25, 0.3) is 5.91 Å². The third-order valence-electron chi connectivity index (χ3n) is 3.20. The average molecular weight is 251 g/mol. The highest BCUT2D eigenvalue weighted by atomic mass is 16.5. The molecule has 1 aliphatic heterocycles. The first-order valence-electron chi connectivity index (χ1n) is 5.84. The van der Waals surface area contributed by atoms with E-state index in [0.717, 1.165) is 6.42 Å². The van der Waals surface area contributed by atoms with Gasteiger partial charge in [-0.3, -0.25) is 4.79 Å².